The van der Waals surface area contributed by atoms with Gasteiger partial charge in [-0.2, -0.15) is 0 Å². The molecule has 0 saturated carbocycles. The van der Waals surface area contributed by atoms with Crippen LogP contribution in [0.2, 0.25) is 0 Å². The van der Waals surface area contributed by atoms with Crippen LogP contribution in [0.3, 0.4) is 0 Å². The van der Waals surface area contributed by atoms with E-state index in [0.29, 0.717) is 0 Å². The van der Waals surface area contributed by atoms with Crippen molar-refractivity contribution in [3.05, 3.63) is 47.7 Å². The molecule has 0 aliphatic rings. The molecule has 1 nitrogen and oxygen atoms in total. The number of rotatable bonds is 4. The largest absolute Gasteiger partial charge is 0.269 e. The lowest BCUT2D eigenvalue weighted by Gasteiger charge is -2.04. The molecule has 0 aliphatic heterocycles. The molecule has 1 heteroatoms. The molecule has 0 radical (unpaired) electrons. The molecular weight excluding hydrogens is 206 g/mol. The minimum absolute atomic E-state index is 0.904. The van der Waals surface area contributed by atoms with Crippen molar-refractivity contribution in [3.63, 3.8) is 0 Å². The van der Waals surface area contributed by atoms with Crippen molar-refractivity contribution in [2.45, 2.75) is 48.5 Å². The predicted octanol–water partition coefficient (Wildman–Crippen LogP) is 5.72. The fourth-order valence-electron chi connectivity index (χ4n) is 1.08. The van der Waals surface area contributed by atoms with Crippen LogP contribution in [0.25, 0.3) is 0 Å². The highest BCUT2D eigenvalue weighted by molar-refractivity contribution is 5.49. The molecule has 0 fully saturated rings. The van der Waals surface area contributed by atoms with E-state index in [9.17, 15) is 0 Å². The molecular formula is C16H29N. The molecule has 17 heavy (non-hydrogen) atoms. The number of hydrogen-bond acceptors (Lipinski definition) is 1. The molecule has 0 heterocycles. The van der Waals surface area contributed by atoms with E-state index in [1.54, 1.807) is 6.08 Å². The lowest BCUT2D eigenvalue weighted by Crippen LogP contribution is -1.86. The van der Waals surface area contributed by atoms with Gasteiger partial charge in [-0.15, -0.1) is 0 Å². The smallest absolute Gasteiger partial charge is 0.0443 e. The Morgan fingerprint density at radius 2 is 1.53 bits per heavy atom. The van der Waals surface area contributed by atoms with E-state index >= 15 is 0 Å². The summed E-state index contributed by atoms with van der Waals surface area (Å²) in [6.07, 6.45) is 7.87. The normalized spacial score (nSPS) is 11.6. The Kier molecular flexibility index (Phi) is 21.0. The summed E-state index contributed by atoms with van der Waals surface area (Å²) in [5, 5.41) is 0. The molecule has 0 N–H and O–H groups in total. The van der Waals surface area contributed by atoms with Gasteiger partial charge in [-0.1, -0.05) is 58.6 Å². The summed E-state index contributed by atoms with van der Waals surface area (Å²) in [5.41, 5.74) is 3.07. The summed E-state index contributed by atoms with van der Waals surface area (Å²) in [7, 11) is 0. The quantitative estimate of drug-likeness (QED) is 0.436. The summed E-state index contributed by atoms with van der Waals surface area (Å²) in [6, 6.07) is 0. The highest BCUT2D eigenvalue weighted by Crippen LogP contribution is 2.17. The van der Waals surface area contributed by atoms with Gasteiger partial charge in [-0.3, -0.25) is 4.99 Å². The van der Waals surface area contributed by atoms with Crippen LogP contribution in [-0.2, 0) is 0 Å². The van der Waals surface area contributed by atoms with Gasteiger partial charge in [0, 0.05) is 11.3 Å². The van der Waals surface area contributed by atoms with Crippen molar-refractivity contribution in [1.29, 1.82) is 0 Å². The van der Waals surface area contributed by atoms with Crippen LogP contribution in [0.15, 0.2) is 52.7 Å². The SMILES string of the molecule is C=CC(/C(/C=C\C)=C\C)=C(\C)N=C.CC.CC. The molecule has 0 aromatic heterocycles. The van der Waals surface area contributed by atoms with E-state index in [1.165, 1.54) is 0 Å². The Balaban J connectivity index is -0.000000439. The first-order chi connectivity index (χ1) is 8.21. The van der Waals surface area contributed by atoms with E-state index in [2.05, 4.69) is 18.3 Å². The van der Waals surface area contributed by atoms with Gasteiger partial charge in [0.15, 0.2) is 0 Å². The van der Waals surface area contributed by atoms with E-state index in [0.717, 1.165) is 16.8 Å². The van der Waals surface area contributed by atoms with Crippen molar-refractivity contribution in [2.75, 3.05) is 0 Å². The van der Waals surface area contributed by atoms with E-state index in [4.69, 9.17) is 0 Å². The van der Waals surface area contributed by atoms with Crippen LogP contribution in [-0.4, -0.2) is 6.72 Å². The molecule has 0 saturated heterocycles. The molecule has 0 atom stereocenters. The number of nitrogens with zero attached hydrogens (tertiary/aromatic N) is 1. The minimum Gasteiger partial charge on any atom is -0.269 e. The second-order valence-electron chi connectivity index (χ2n) is 2.61. The van der Waals surface area contributed by atoms with Crippen LogP contribution in [0, 0.1) is 0 Å². The zero-order valence-electron chi connectivity index (χ0n) is 12.7. The predicted molar refractivity (Wildman–Crippen MR) is 83.7 cm³/mol. The first kappa shape index (κ1) is 21.0. The molecule has 0 spiro atoms. The number of hydrogen-bond donors (Lipinski definition) is 0. The summed E-state index contributed by atoms with van der Waals surface area (Å²) < 4.78 is 0. The monoisotopic (exact) mass is 235 g/mol. The molecule has 0 unspecified atom stereocenters. The second kappa shape index (κ2) is 17.0. The van der Waals surface area contributed by atoms with Gasteiger partial charge in [0.2, 0.25) is 0 Å². The molecule has 0 aliphatic carbocycles. The summed E-state index contributed by atoms with van der Waals surface area (Å²) in [5.74, 6) is 0. The molecule has 98 valence electrons. The second-order valence-corrected chi connectivity index (χ2v) is 2.61. The average molecular weight is 235 g/mol. The van der Waals surface area contributed by atoms with Gasteiger partial charge < -0.3 is 0 Å². The number of aliphatic imine (C=N–C) groups is 1. The summed E-state index contributed by atoms with van der Waals surface area (Å²) in [4.78, 5) is 3.89. The van der Waals surface area contributed by atoms with Crippen molar-refractivity contribution in [3.8, 4) is 0 Å². The van der Waals surface area contributed by atoms with Crippen molar-refractivity contribution >= 4 is 6.72 Å². The maximum absolute atomic E-state index is 3.89. The average Bonchev–Trinajstić information content (AvgIpc) is 2.42. The lowest BCUT2D eigenvalue weighted by molar-refractivity contribution is 1.26. The van der Waals surface area contributed by atoms with Crippen LogP contribution in [0.5, 0.6) is 0 Å². The topological polar surface area (TPSA) is 12.4 Å². The van der Waals surface area contributed by atoms with Gasteiger partial charge in [-0.25, -0.2) is 0 Å². The Morgan fingerprint density at radius 3 is 1.76 bits per heavy atom. The lowest BCUT2D eigenvalue weighted by atomic mass is 10.0. The molecule has 0 rings (SSSR count). The van der Waals surface area contributed by atoms with Crippen LogP contribution in [0.4, 0.5) is 0 Å². The Morgan fingerprint density at radius 1 is 1.06 bits per heavy atom. The van der Waals surface area contributed by atoms with Crippen LogP contribution >= 0.6 is 0 Å². The van der Waals surface area contributed by atoms with Crippen LogP contribution < -0.4 is 0 Å². The maximum Gasteiger partial charge on any atom is 0.0443 e. The fourth-order valence-corrected chi connectivity index (χ4v) is 1.08. The number of allylic oxidation sites excluding steroid dienone is 7. The third-order valence-corrected chi connectivity index (χ3v) is 1.80. The van der Waals surface area contributed by atoms with Gasteiger partial charge >= 0.3 is 0 Å². The van der Waals surface area contributed by atoms with Crippen molar-refractivity contribution in [2.24, 2.45) is 4.99 Å². The Bertz CT molecular complexity index is 278. The highest BCUT2D eigenvalue weighted by Gasteiger charge is 1.99. The first-order valence-corrected chi connectivity index (χ1v) is 6.30. The highest BCUT2D eigenvalue weighted by atomic mass is 14.7. The third kappa shape index (κ3) is 9.55. The minimum atomic E-state index is 0.904. The fraction of sp³-hybridized carbons (Fsp3) is 0.438. The summed E-state index contributed by atoms with van der Waals surface area (Å²) >= 11 is 0. The molecule has 0 bridgehead atoms. The van der Waals surface area contributed by atoms with Gasteiger partial charge in [0.1, 0.15) is 0 Å². The standard InChI is InChI=1S/C12H17N.2C2H6/c1-6-9-11(7-2)12(8-3)10(4)13-5;2*1-2/h6-9H,3,5H2,1-2,4H3;2*1-2H3/b9-6-,11-7-,12-10-;;. The zero-order chi connectivity index (χ0) is 14.3. The van der Waals surface area contributed by atoms with Gasteiger partial charge in [0.25, 0.3) is 0 Å². The molecule has 0 aromatic carbocycles. The van der Waals surface area contributed by atoms with Crippen molar-refractivity contribution in [1.82, 2.24) is 0 Å². The van der Waals surface area contributed by atoms with E-state index in [-0.39, 0.29) is 0 Å². The van der Waals surface area contributed by atoms with Gasteiger partial charge in [0.05, 0.1) is 0 Å². The molecule has 0 aromatic rings. The molecule has 0 amide bonds. The van der Waals surface area contributed by atoms with E-state index in [1.807, 2.05) is 66.7 Å². The van der Waals surface area contributed by atoms with Crippen molar-refractivity contribution < 1.29 is 0 Å². The third-order valence-electron chi connectivity index (χ3n) is 1.80. The zero-order valence-corrected chi connectivity index (χ0v) is 12.7. The summed E-state index contributed by atoms with van der Waals surface area (Å²) in [6.45, 7) is 21.2. The van der Waals surface area contributed by atoms with Crippen LogP contribution in [0.1, 0.15) is 48.5 Å². The maximum atomic E-state index is 3.89. The Hall–Kier alpha value is -1.37. The van der Waals surface area contributed by atoms with Gasteiger partial charge in [-0.05, 0) is 33.1 Å². The van der Waals surface area contributed by atoms with E-state index < -0.39 is 0 Å². The Labute approximate surface area is 108 Å². The first-order valence-electron chi connectivity index (χ1n) is 6.30.